The van der Waals surface area contributed by atoms with Gasteiger partial charge in [0.15, 0.2) is 0 Å². The molecule has 1 heterocycles. The Kier molecular flexibility index (Phi) is 4.99. The molecule has 2 rings (SSSR count). The molecule has 0 aliphatic carbocycles. The van der Waals surface area contributed by atoms with Gasteiger partial charge in [0.05, 0.1) is 5.69 Å². The summed E-state index contributed by atoms with van der Waals surface area (Å²) in [6.45, 7) is 4.97. The Morgan fingerprint density at radius 3 is 2.61 bits per heavy atom. The minimum Gasteiger partial charge on any atom is -0.459 e. The van der Waals surface area contributed by atoms with Crippen LogP contribution >= 0.6 is 11.8 Å². The average molecular weight is 336 g/mol. The smallest absolute Gasteiger partial charge is 0.319 e. The molecular formula is C16H20N2O4S. The van der Waals surface area contributed by atoms with Gasteiger partial charge in [0, 0.05) is 10.6 Å². The molecule has 2 amide bonds. The van der Waals surface area contributed by atoms with Crippen LogP contribution in [0, 0.1) is 5.92 Å². The second-order valence-corrected chi connectivity index (χ2v) is 7.32. The van der Waals surface area contributed by atoms with Crippen LogP contribution in [0.2, 0.25) is 0 Å². The molecule has 1 aromatic carbocycles. The van der Waals surface area contributed by atoms with Crippen LogP contribution in [-0.2, 0) is 19.1 Å². The zero-order valence-corrected chi connectivity index (χ0v) is 14.2. The second kappa shape index (κ2) is 6.62. The Balaban J connectivity index is 2.35. The van der Waals surface area contributed by atoms with Crippen molar-refractivity contribution in [2.75, 3.05) is 17.2 Å². The highest BCUT2D eigenvalue weighted by Gasteiger charge is 2.38. The van der Waals surface area contributed by atoms with Gasteiger partial charge in [-0.05, 0) is 32.9 Å². The van der Waals surface area contributed by atoms with E-state index >= 15 is 0 Å². The molecule has 1 aliphatic rings. The molecule has 124 valence electrons. The number of anilines is 1. The average Bonchev–Trinajstić information content (AvgIpc) is 2.55. The fourth-order valence-corrected chi connectivity index (χ4v) is 3.34. The van der Waals surface area contributed by atoms with E-state index in [1.807, 2.05) is 12.1 Å². The Bertz CT molecular complexity index is 639. The van der Waals surface area contributed by atoms with E-state index in [0.29, 0.717) is 5.69 Å². The van der Waals surface area contributed by atoms with Gasteiger partial charge >= 0.3 is 5.97 Å². The van der Waals surface area contributed by atoms with Gasteiger partial charge in [-0.3, -0.25) is 14.4 Å². The molecular weight excluding hydrogens is 316 g/mol. The van der Waals surface area contributed by atoms with Gasteiger partial charge < -0.3 is 15.4 Å². The van der Waals surface area contributed by atoms with Crippen molar-refractivity contribution in [1.82, 2.24) is 0 Å². The molecule has 0 saturated heterocycles. The van der Waals surface area contributed by atoms with Gasteiger partial charge in [-0.1, -0.05) is 12.1 Å². The first-order valence-electron chi connectivity index (χ1n) is 7.23. The lowest BCUT2D eigenvalue weighted by molar-refractivity contribution is -0.161. The predicted molar refractivity (Wildman–Crippen MR) is 88.0 cm³/mol. The number of para-hydroxylation sites is 1. The molecule has 23 heavy (non-hydrogen) atoms. The van der Waals surface area contributed by atoms with Crippen LogP contribution in [0.4, 0.5) is 5.69 Å². The molecule has 0 fully saturated rings. The van der Waals surface area contributed by atoms with Gasteiger partial charge in [-0.15, -0.1) is 11.8 Å². The summed E-state index contributed by atoms with van der Waals surface area (Å²) in [5.41, 5.74) is 5.17. The number of nitrogens with zero attached hydrogens (tertiary/aromatic N) is 1. The maximum Gasteiger partial charge on any atom is 0.319 e. The summed E-state index contributed by atoms with van der Waals surface area (Å²) in [7, 11) is 0. The van der Waals surface area contributed by atoms with Crippen LogP contribution in [-0.4, -0.2) is 35.7 Å². The first kappa shape index (κ1) is 17.3. The van der Waals surface area contributed by atoms with E-state index in [-0.39, 0.29) is 12.3 Å². The molecule has 2 N–H and O–H groups in total. The number of carbonyl (C=O) groups excluding carboxylic acids is 3. The van der Waals surface area contributed by atoms with Gasteiger partial charge in [0.2, 0.25) is 11.8 Å². The molecule has 7 heteroatoms. The molecule has 0 spiro atoms. The molecule has 0 aromatic heterocycles. The lowest BCUT2D eigenvalue weighted by Gasteiger charge is -2.26. The van der Waals surface area contributed by atoms with Gasteiger partial charge in [0.25, 0.3) is 0 Å². The number of nitrogens with two attached hydrogens (primary N) is 1. The van der Waals surface area contributed by atoms with E-state index in [4.69, 9.17) is 10.5 Å². The summed E-state index contributed by atoms with van der Waals surface area (Å²) in [5, 5.41) is 0. The third-order valence-corrected chi connectivity index (χ3v) is 4.29. The van der Waals surface area contributed by atoms with Crippen molar-refractivity contribution in [2.45, 2.75) is 31.3 Å². The quantitative estimate of drug-likeness (QED) is 0.668. The first-order valence-corrected chi connectivity index (χ1v) is 8.22. The van der Waals surface area contributed by atoms with Gasteiger partial charge in [-0.2, -0.15) is 0 Å². The van der Waals surface area contributed by atoms with Crippen molar-refractivity contribution in [3.8, 4) is 0 Å². The van der Waals surface area contributed by atoms with Crippen LogP contribution in [0.15, 0.2) is 29.2 Å². The molecule has 1 aromatic rings. The molecule has 1 unspecified atom stereocenters. The Labute approximate surface area is 139 Å². The normalized spacial score (nSPS) is 18.1. The fourth-order valence-electron chi connectivity index (χ4n) is 2.21. The molecule has 6 nitrogen and oxygen atoms in total. The Morgan fingerprint density at radius 1 is 1.35 bits per heavy atom. The van der Waals surface area contributed by atoms with Crippen LogP contribution in [0.5, 0.6) is 0 Å². The Morgan fingerprint density at radius 2 is 2.00 bits per heavy atom. The number of hydrogen-bond acceptors (Lipinski definition) is 5. The summed E-state index contributed by atoms with van der Waals surface area (Å²) in [5.74, 6) is -2.39. The maximum absolute atomic E-state index is 12.8. The third kappa shape index (κ3) is 4.25. The molecule has 1 atom stereocenters. The number of esters is 1. The fraction of sp³-hybridized carbons (Fsp3) is 0.438. The van der Waals surface area contributed by atoms with Crippen molar-refractivity contribution < 1.29 is 19.1 Å². The van der Waals surface area contributed by atoms with E-state index in [0.717, 1.165) is 4.90 Å². The SMILES string of the molecule is CC(C)(C)OC(=O)C1CSc2ccccc2N(CC(N)=O)C1=O. The highest BCUT2D eigenvalue weighted by atomic mass is 32.2. The Hall–Kier alpha value is -2.02. The third-order valence-electron chi connectivity index (χ3n) is 3.13. The summed E-state index contributed by atoms with van der Waals surface area (Å²) >= 11 is 1.39. The number of rotatable bonds is 3. The monoisotopic (exact) mass is 336 g/mol. The molecule has 0 bridgehead atoms. The minimum absolute atomic E-state index is 0.264. The van der Waals surface area contributed by atoms with Crippen molar-refractivity contribution in [1.29, 1.82) is 0 Å². The number of fused-ring (bicyclic) bond motifs is 1. The highest BCUT2D eigenvalue weighted by molar-refractivity contribution is 7.99. The standard InChI is InChI=1S/C16H20N2O4S/c1-16(2,3)22-15(21)10-9-23-12-7-5-4-6-11(12)18(14(10)20)8-13(17)19/h4-7,10H,8-9H2,1-3H3,(H2,17,19). The van der Waals surface area contributed by atoms with Crippen molar-refractivity contribution in [3.63, 3.8) is 0 Å². The van der Waals surface area contributed by atoms with Crippen molar-refractivity contribution >= 4 is 35.2 Å². The first-order chi connectivity index (χ1) is 10.7. The number of amides is 2. The van der Waals surface area contributed by atoms with E-state index in [9.17, 15) is 14.4 Å². The van der Waals surface area contributed by atoms with Gasteiger partial charge in [0.1, 0.15) is 18.1 Å². The van der Waals surface area contributed by atoms with E-state index in [1.165, 1.54) is 16.7 Å². The summed E-state index contributed by atoms with van der Waals surface area (Å²) in [6.07, 6.45) is 0. The largest absolute Gasteiger partial charge is 0.459 e. The van der Waals surface area contributed by atoms with E-state index in [1.54, 1.807) is 32.9 Å². The topological polar surface area (TPSA) is 89.7 Å². The zero-order valence-electron chi connectivity index (χ0n) is 13.4. The predicted octanol–water partition coefficient (Wildman–Crippen LogP) is 1.57. The van der Waals surface area contributed by atoms with Crippen LogP contribution in [0.25, 0.3) is 0 Å². The maximum atomic E-state index is 12.8. The number of benzene rings is 1. The van der Waals surface area contributed by atoms with E-state index in [2.05, 4.69) is 0 Å². The number of hydrogen-bond donors (Lipinski definition) is 1. The lowest BCUT2D eigenvalue weighted by atomic mass is 10.1. The highest BCUT2D eigenvalue weighted by Crippen LogP contribution is 2.36. The van der Waals surface area contributed by atoms with Crippen LogP contribution in [0.3, 0.4) is 0 Å². The molecule has 0 saturated carbocycles. The minimum atomic E-state index is -0.967. The van der Waals surface area contributed by atoms with Gasteiger partial charge in [-0.25, -0.2) is 0 Å². The molecule has 0 radical (unpaired) electrons. The van der Waals surface area contributed by atoms with Crippen LogP contribution < -0.4 is 10.6 Å². The number of thioether (sulfide) groups is 1. The molecule has 1 aliphatic heterocycles. The summed E-state index contributed by atoms with van der Waals surface area (Å²) < 4.78 is 5.34. The lowest BCUT2D eigenvalue weighted by Crippen LogP contribution is -2.45. The second-order valence-electron chi connectivity index (χ2n) is 6.26. The summed E-state index contributed by atoms with van der Waals surface area (Å²) in [4.78, 5) is 38.6. The van der Waals surface area contributed by atoms with Crippen molar-refractivity contribution in [2.24, 2.45) is 11.7 Å². The van der Waals surface area contributed by atoms with E-state index < -0.39 is 29.3 Å². The van der Waals surface area contributed by atoms with Crippen molar-refractivity contribution in [3.05, 3.63) is 24.3 Å². The number of carbonyl (C=O) groups is 3. The number of ether oxygens (including phenoxy) is 1. The zero-order chi connectivity index (χ0) is 17.2. The number of primary amides is 1. The van der Waals surface area contributed by atoms with Crippen LogP contribution in [0.1, 0.15) is 20.8 Å². The summed E-state index contributed by atoms with van der Waals surface area (Å²) in [6, 6.07) is 7.19.